The van der Waals surface area contributed by atoms with Crippen LogP contribution >= 0.6 is 0 Å². The van der Waals surface area contributed by atoms with Crippen molar-refractivity contribution >= 4 is 0 Å². The Hall–Kier alpha value is -0.820. The van der Waals surface area contributed by atoms with Crippen molar-refractivity contribution < 1.29 is 0 Å². The van der Waals surface area contributed by atoms with E-state index in [2.05, 4.69) is 39.0 Å². The second-order valence-corrected chi connectivity index (χ2v) is 4.72. The lowest BCUT2D eigenvalue weighted by atomic mass is 9.90. The lowest BCUT2D eigenvalue weighted by molar-refractivity contribution is 0.421. The van der Waals surface area contributed by atoms with Crippen LogP contribution in [0.25, 0.3) is 0 Å². The third-order valence-corrected chi connectivity index (χ3v) is 3.96. The smallest absolute Gasteiger partial charge is 0.0329 e. The molecule has 2 N–H and O–H groups in total. The second kappa shape index (κ2) is 3.97. The number of fused-ring (bicyclic) bond motifs is 1. The van der Waals surface area contributed by atoms with E-state index < -0.39 is 0 Å². The number of benzene rings is 1. The summed E-state index contributed by atoms with van der Waals surface area (Å²) in [6.45, 7) is 6.74. The second-order valence-electron chi connectivity index (χ2n) is 4.72. The average Bonchev–Trinajstić information content (AvgIpc) is 2.51. The summed E-state index contributed by atoms with van der Waals surface area (Å²) in [5.41, 5.74) is 10.6. The van der Waals surface area contributed by atoms with Gasteiger partial charge < -0.3 is 5.73 Å². The van der Waals surface area contributed by atoms with Crippen LogP contribution in [0.3, 0.4) is 0 Å². The molecule has 82 valence electrons. The molecule has 0 bridgehead atoms. The van der Waals surface area contributed by atoms with Crippen LogP contribution in [0.15, 0.2) is 18.2 Å². The first-order valence-electron chi connectivity index (χ1n) is 6.07. The van der Waals surface area contributed by atoms with Gasteiger partial charge in [-0.15, -0.1) is 0 Å². The van der Waals surface area contributed by atoms with Crippen molar-refractivity contribution in [3.63, 3.8) is 0 Å². The molecule has 1 aliphatic carbocycles. The standard InChI is InChI=1S/C14H21N/c1-4-10-6-7-12-11(5-2)9(3)14(15)13(12)8-10/h6-9,11,14H,4-5,15H2,1-3H3. The molecule has 0 heterocycles. The summed E-state index contributed by atoms with van der Waals surface area (Å²) < 4.78 is 0. The van der Waals surface area contributed by atoms with E-state index in [0.717, 1.165) is 6.42 Å². The maximum Gasteiger partial charge on any atom is 0.0329 e. The Morgan fingerprint density at radius 3 is 2.53 bits per heavy atom. The maximum absolute atomic E-state index is 6.28. The highest BCUT2D eigenvalue weighted by molar-refractivity contribution is 5.41. The molecular weight excluding hydrogens is 182 g/mol. The fraction of sp³-hybridized carbons (Fsp3) is 0.571. The molecule has 1 nitrogen and oxygen atoms in total. The first-order chi connectivity index (χ1) is 7.19. The van der Waals surface area contributed by atoms with Gasteiger partial charge in [-0.3, -0.25) is 0 Å². The Morgan fingerprint density at radius 2 is 1.93 bits per heavy atom. The predicted octanol–water partition coefficient (Wildman–Crippen LogP) is 3.39. The van der Waals surface area contributed by atoms with Gasteiger partial charge in [-0.25, -0.2) is 0 Å². The fourth-order valence-electron chi connectivity index (χ4n) is 2.88. The Morgan fingerprint density at radius 1 is 1.20 bits per heavy atom. The van der Waals surface area contributed by atoms with Gasteiger partial charge in [0.2, 0.25) is 0 Å². The van der Waals surface area contributed by atoms with E-state index in [4.69, 9.17) is 5.73 Å². The predicted molar refractivity (Wildman–Crippen MR) is 64.9 cm³/mol. The third-order valence-electron chi connectivity index (χ3n) is 3.96. The highest BCUT2D eigenvalue weighted by Gasteiger charge is 2.34. The molecule has 0 aromatic heterocycles. The first kappa shape index (κ1) is 10.7. The minimum Gasteiger partial charge on any atom is -0.324 e. The van der Waals surface area contributed by atoms with Crippen molar-refractivity contribution in [3.8, 4) is 0 Å². The number of hydrogen-bond donors (Lipinski definition) is 1. The largest absolute Gasteiger partial charge is 0.324 e. The molecule has 0 radical (unpaired) electrons. The van der Waals surface area contributed by atoms with Gasteiger partial charge in [0.05, 0.1) is 0 Å². The van der Waals surface area contributed by atoms with Crippen LogP contribution in [0.4, 0.5) is 0 Å². The number of rotatable bonds is 2. The maximum atomic E-state index is 6.28. The highest BCUT2D eigenvalue weighted by Crippen LogP contribution is 2.45. The molecule has 15 heavy (non-hydrogen) atoms. The minimum atomic E-state index is 0.247. The number of nitrogens with two attached hydrogens (primary N) is 1. The summed E-state index contributed by atoms with van der Waals surface area (Å²) in [4.78, 5) is 0. The van der Waals surface area contributed by atoms with Crippen LogP contribution in [0, 0.1) is 5.92 Å². The van der Waals surface area contributed by atoms with Gasteiger partial charge in [-0.1, -0.05) is 39.0 Å². The summed E-state index contributed by atoms with van der Waals surface area (Å²) in [6, 6.07) is 7.11. The molecule has 0 spiro atoms. The van der Waals surface area contributed by atoms with Crippen LogP contribution in [0.5, 0.6) is 0 Å². The van der Waals surface area contributed by atoms with Gasteiger partial charge in [0, 0.05) is 6.04 Å². The Balaban J connectivity index is 2.45. The molecule has 0 amide bonds. The van der Waals surface area contributed by atoms with E-state index >= 15 is 0 Å². The monoisotopic (exact) mass is 203 g/mol. The Kier molecular flexibility index (Phi) is 2.83. The molecule has 1 aromatic rings. The van der Waals surface area contributed by atoms with Crippen molar-refractivity contribution in [2.45, 2.75) is 45.6 Å². The first-order valence-corrected chi connectivity index (χ1v) is 6.07. The zero-order valence-corrected chi connectivity index (χ0v) is 9.96. The van der Waals surface area contributed by atoms with E-state index in [1.165, 1.54) is 23.1 Å². The van der Waals surface area contributed by atoms with E-state index in [1.54, 1.807) is 0 Å². The van der Waals surface area contributed by atoms with Crippen molar-refractivity contribution in [1.29, 1.82) is 0 Å². The van der Waals surface area contributed by atoms with Crippen LogP contribution in [0.2, 0.25) is 0 Å². The van der Waals surface area contributed by atoms with E-state index in [1.807, 2.05) is 0 Å². The van der Waals surface area contributed by atoms with Gasteiger partial charge in [0.25, 0.3) is 0 Å². The molecule has 0 aliphatic heterocycles. The fourth-order valence-corrected chi connectivity index (χ4v) is 2.88. The highest BCUT2D eigenvalue weighted by atomic mass is 14.7. The zero-order chi connectivity index (χ0) is 11.0. The lowest BCUT2D eigenvalue weighted by Gasteiger charge is -2.16. The van der Waals surface area contributed by atoms with Crippen molar-refractivity contribution in [1.82, 2.24) is 0 Å². The summed E-state index contributed by atoms with van der Waals surface area (Å²) in [7, 11) is 0. The van der Waals surface area contributed by atoms with E-state index in [-0.39, 0.29) is 6.04 Å². The molecule has 1 heteroatoms. The average molecular weight is 203 g/mol. The molecule has 3 unspecified atom stereocenters. The summed E-state index contributed by atoms with van der Waals surface area (Å²) in [5.74, 6) is 1.26. The molecule has 0 saturated heterocycles. The molecule has 0 fully saturated rings. The Bertz CT molecular complexity index is 356. The SMILES string of the molecule is CCc1ccc2c(c1)C(N)C(C)C2CC. The van der Waals surface area contributed by atoms with Crippen molar-refractivity contribution in [3.05, 3.63) is 34.9 Å². The van der Waals surface area contributed by atoms with Crippen molar-refractivity contribution in [2.24, 2.45) is 11.7 Å². The van der Waals surface area contributed by atoms with Gasteiger partial charge in [0.1, 0.15) is 0 Å². The number of aryl methyl sites for hydroxylation is 1. The van der Waals surface area contributed by atoms with Crippen molar-refractivity contribution in [2.75, 3.05) is 0 Å². The van der Waals surface area contributed by atoms with Crippen LogP contribution in [-0.2, 0) is 6.42 Å². The summed E-state index contributed by atoms with van der Waals surface area (Å²) in [6.07, 6.45) is 2.30. The van der Waals surface area contributed by atoms with E-state index in [0.29, 0.717) is 11.8 Å². The number of hydrogen-bond acceptors (Lipinski definition) is 1. The molecule has 1 aliphatic rings. The molecule has 3 atom stereocenters. The third kappa shape index (κ3) is 1.59. The summed E-state index contributed by atoms with van der Waals surface area (Å²) >= 11 is 0. The van der Waals surface area contributed by atoms with Gasteiger partial charge in [-0.2, -0.15) is 0 Å². The van der Waals surface area contributed by atoms with Crippen LogP contribution in [-0.4, -0.2) is 0 Å². The van der Waals surface area contributed by atoms with Gasteiger partial charge in [0.15, 0.2) is 0 Å². The summed E-state index contributed by atoms with van der Waals surface area (Å²) in [5, 5.41) is 0. The molecule has 1 aromatic carbocycles. The normalized spacial score (nSPS) is 29.2. The Labute approximate surface area is 92.7 Å². The lowest BCUT2D eigenvalue weighted by Crippen LogP contribution is -2.16. The molecular formula is C14H21N. The van der Waals surface area contributed by atoms with Crippen LogP contribution < -0.4 is 5.73 Å². The topological polar surface area (TPSA) is 26.0 Å². The zero-order valence-electron chi connectivity index (χ0n) is 9.96. The van der Waals surface area contributed by atoms with Gasteiger partial charge >= 0.3 is 0 Å². The molecule has 2 rings (SSSR count). The molecule has 0 saturated carbocycles. The minimum absolute atomic E-state index is 0.247. The van der Waals surface area contributed by atoms with Gasteiger partial charge in [-0.05, 0) is 41.4 Å². The van der Waals surface area contributed by atoms with E-state index in [9.17, 15) is 0 Å². The quantitative estimate of drug-likeness (QED) is 0.783. The van der Waals surface area contributed by atoms with Crippen LogP contribution in [0.1, 0.15) is 55.8 Å².